The van der Waals surface area contributed by atoms with Crippen molar-refractivity contribution in [3.8, 4) is 0 Å². The smallest absolute Gasteiger partial charge is 0.211 e. The maximum Gasteiger partial charge on any atom is 0.211 e. The van der Waals surface area contributed by atoms with E-state index in [9.17, 15) is 4.79 Å². The Balaban J connectivity index is 2.68. The third-order valence-corrected chi connectivity index (χ3v) is 3.50. The average molecular weight is 276 g/mol. The van der Waals surface area contributed by atoms with Crippen LogP contribution in [0, 0.1) is 0 Å². The highest BCUT2D eigenvalue weighted by molar-refractivity contribution is 5.73. The van der Waals surface area contributed by atoms with E-state index < -0.39 is 0 Å². The summed E-state index contributed by atoms with van der Waals surface area (Å²) in [6.07, 6.45) is 8.23. The Kier molecular flexibility index (Phi) is 8.52. The molecular weight excluding hydrogens is 248 g/mol. The third kappa shape index (κ3) is 6.09. The van der Waals surface area contributed by atoms with Crippen molar-refractivity contribution in [1.82, 2.24) is 0 Å². The fourth-order valence-electron chi connectivity index (χ4n) is 2.34. The summed E-state index contributed by atoms with van der Waals surface area (Å²) in [5.41, 5.74) is 2.08. The molecule has 0 aliphatic carbocycles. The second-order valence-corrected chi connectivity index (χ2v) is 5.21. The molecule has 0 saturated heterocycles. The molecule has 0 fully saturated rings. The summed E-state index contributed by atoms with van der Waals surface area (Å²) in [5, 5.41) is 2.73. The molecular formula is C17H28N2O. The molecule has 0 atom stereocenters. The van der Waals surface area contributed by atoms with E-state index in [4.69, 9.17) is 0 Å². The predicted octanol–water partition coefficient (Wildman–Crippen LogP) is 4.44. The van der Waals surface area contributed by atoms with Crippen molar-refractivity contribution >= 4 is 17.8 Å². The van der Waals surface area contributed by atoms with E-state index in [2.05, 4.69) is 36.2 Å². The van der Waals surface area contributed by atoms with E-state index >= 15 is 0 Å². The molecule has 0 spiro atoms. The van der Waals surface area contributed by atoms with Gasteiger partial charge in [0.2, 0.25) is 6.41 Å². The number of hydrogen-bond acceptors (Lipinski definition) is 2. The van der Waals surface area contributed by atoms with E-state index in [0.29, 0.717) is 0 Å². The molecule has 1 N–H and O–H groups in total. The SMILES string of the molecule is CCCCCN(CCCCC)c1cccc(NC=O)c1. The molecule has 3 nitrogen and oxygen atoms in total. The molecule has 0 aliphatic heterocycles. The molecule has 112 valence electrons. The van der Waals surface area contributed by atoms with Crippen molar-refractivity contribution in [1.29, 1.82) is 0 Å². The summed E-state index contributed by atoms with van der Waals surface area (Å²) in [4.78, 5) is 13.0. The first kappa shape index (κ1) is 16.5. The van der Waals surface area contributed by atoms with Crippen LogP contribution in [-0.4, -0.2) is 19.5 Å². The first-order valence-corrected chi connectivity index (χ1v) is 7.87. The number of nitrogens with zero attached hydrogens (tertiary/aromatic N) is 1. The summed E-state index contributed by atoms with van der Waals surface area (Å²) >= 11 is 0. The lowest BCUT2D eigenvalue weighted by Crippen LogP contribution is -2.25. The Morgan fingerprint density at radius 2 is 1.70 bits per heavy atom. The molecule has 1 rings (SSSR count). The van der Waals surface area contributed by atoms with Gasteiger partial charge in [-0.2, -0.15) is 0 Å². The Morgan fingerprint density at radius 1 is 1.05 bits per heavy atom. The highest BCUT2D eigenvalue weighted by Gasteiger charge is 2.06. The van der Waals surface area contributed by atoms with Crippen LogP contribution in [0.1, 0.15) is 52.4 Å². The van der Waals surface area contributed by atoms with Gasteiger partial charge in [-0.05, 0) is 31.0 Å². The lowest BCUT2D eigenvalue weighted by Gasteiger charge is -2.25. The number of rotatable bonds is 11. The highest BCUT2D eigenvalue weighted by atomic mass is 16.1. The summed E-state index contributed by atoms with van der Waals surface area (Å²) in [7, 11) is 0. The van der Waals surface area contributed by atoms with Gasteiger partial charge in [0.1, 0.15) is 0 Å². The number of anilines is 2. The fourth-order valence-corrected chi connectivity index (χ4v) is 2.34. The van der Waals surface area contributed by atoms with Crippen molar-refractivity contribution in [3.63, 3.8) is 0 Å². The third-order valence-electron chi connectivity index (χ3n) is 3.50. The topological polar surface area (TPSA) is 32.3 Å². The predicted molar refractivity (Wildman–Crippen MR) is 87.4 cm³/mol. The van der Waals surface area contributed by atoms with E-state index in [-0.39, 0.29) is 0 Å². The van der Waals surface area contributed by atoms with Crippen molar-refractivity contribution in [2.45, 2.75) is 52.4 Å². The number of benzene rings is 1. The number of nitrogens with one attached hydrogen (secondary N) is 1. The van der Waals surface area contributed by atoms with Crippen LogP contribution in [0.25, 0.3) is 0 Å². The number of carbonyl (C=O) groups is 1. The fraction of sp³-hybridized carbons (Fsp3) is 0.588. The Labute approximate surface area is 123 Å². The van der Waals surface area contributed by atoms with Gasteiger partial charge in [-0.15, -0.1) is 0 Å². The second-order valence-electron chi connectivity index (χ2n) is 5.21. The van der Waals surface area contributed by atoms with Gasteiger partial charge in [-0.1, -0.05) is 45.6 Å². The van der Waals surface area contributed by atoms with Crippen LogP contribution < -0.4 is 10.2 Å². The number of hydrogen-bond donors (Lipinski definition) is 1. The maximum absolute atomic E-state index is 10.6. The van der Waals surface area contributed by atoms with Crippen LogP contribution in [0.4, 0.5) is 11.4 Å². The lowest BCUT2D eigenvalue weighted by molar-refractivity contribution is -0.105. The number of amides is 1. The van der Waals surface area contributed by atoms with Crippen LogP contribution in [0.2, 0.25) is 0 Å². The van der Waals surface area contributed by atoms with Gasteiger partial charge in [-0.25, -0.2) is 0 Å². The van der Waals surface area contributed by atoms with Gasteiger partial charge >= 0.3 is 0 Å². The molecule has 0 unspecified atom stereocenters. The van der Waals surface area contributed by atoms with Gasteiger partial charge in [-0.3, -0.25) is 4.79 Å². The van der Waals surface area contributed by atoms with E-state index in [1.165, 1.54) is 44.2 Å². The summed E-state index contributed by atoms with van der Waals surface area (Å²) in [5.74, 6) is 0. The minimum absolute atomic E-state index is 0.734. The zero-order valence-electron chi connectivity index (χ0n) is 12.9. The zero-order chi connectivity index (χ0) is 14.6. The molecule has 0 aliphatic rings. The first-order valence-electron chi connectivity index (χ1n) is 7.87. The van der Waals surface area contributed by atoms with Crippen LogP contribution in [0.15, 0.2) is 24.3 Å². The largest absolute Gasteiger partial charge is 0.371 e. The zero-order valence-corrected chi connectivity index (χ0v) is 12.9. The van der Waals surface area contributed by atoms with Gasteiger partial charge < -0.3 is 10.2 Å². The first-order chi connectivity index (χ1) is 9.81. The van der Waals surface area contributed by atoms with Crippen molar-refractivity contribution in [3.05, 3.63) is 24.3 Å². The van der Waals surface area contributed by atoms with Gasteiger partial charge in [0, 0.05) is 24.5 Å². The van der Waals surface area contributed by atoms with Gasteiger partial charge in [0.05, 0.1) is 0 Å². The van der Waals surface area contributed by atoms with E-state index in [0.717, 1.165) is 25.2 Å². The Morgan fingerprint density at radius 3 is 2.25 bits per heavy atom. The summed E-state index contributed by atoms with van der Waals surface area (Å²) in [6, 6.07) is 8.13. The lowest BCUT2D eigenvalue weighted by atomic mass is 10.2. The number of unbranched alkanes of at least 4 members (excludes halogenated alkanes) is 4. The highest BCUT2D eigenvalue weighted by Crippen LogP contribution is 2.20. The second kappa shape index (κ2) is 10.3. The molecule has 1 aromatic rings. The molecule has 0 saturated carbocycles. The quantitative estimate of drug-likeness (QED) is 0.478. The average Bonchev–Trinajstić information content (AvgIpc) is 2.47. The Bertz CT molecular complexity index is 369. The van der Waals surface area contributed by atoms with Crippen LogP contribution in [-0.2, 0) is 4.79 Å². The molecule has 0 heterocycles. The van der Waals surface area contributed by atoms with Crippen LogP contribution in [0.3, 0.4) is 0 Å². The molecule has 3 heteroatoms. The number of carbonyl (C=O) groups excluding carboxylic acids is 1. The Hall–Kier alpha value is -1.51. The molecule has 20 heavy (non-hydrogen) atoms. The molecule has 1 aromatic carbocycles. The molecule has 1 amide bonds. The van der Waals surface area contributed by atoms with Crippen LogP contribution in [0.5, 0.6) is 0 Å². The van der Waals surface area contributed by atoms with Crippen molar-refractivity contribution < 1.29 is 4.79 Å². The summed E-state index contributed by atoms with van der Waals surface area (Å²) in [6.45, 7) is 6.66. The molecule has 0 bridgehead atoms. The van der Waals surface area contributed by atoms with Gasteiger partial charge in [0.15, 0.2) is 0 Å². The van der Waals surface area contributed by atoms with Crippen molar-refractivity contribution in [2.24, 2.45) is 0 Å². The summed E-state index contributed by atoms with van der Waals surface area (Å²) < 4.78 is 0. The maximum atomic E-state index is 10.6. The molecule has 0 aromatic heterocycles. The standard InChI is InChI=1S/C17H28N2O/c1-3-5-7-12-19(13-8-6-4-2)17-11-9-10-16(14-17)18-15-20/h9-11,14-15H,3-8,12-13H2,1-2H3,(H,18,20). The normalized spacial score (nSPS) is 10.3. The minimum atomic E-state index is 0.734. The van der Waals surface area contributed by atoms with Crippen LogP contribution >= 0.6 is 0 Å². The van der Waals surface area contributed by atoms with Crippen molar-refractivity contribution in [2.75, 3.05) is 23.3 Å². The van der Waals surface area contributed by atoms with E-state index in [1.54, 1.807) is 0 Å². The minimum Gasteiger partial charge on any atom is -0.371 e. The molecule has 0 radical (unpaired) electrons. The monoisotopic (exact) mass is 276 g/mol. The van der Waals surface area contributed by atoms with E-state index in [1.807, 2.05) is 12.1 Å². The van der Waals surface area contributed by atoms with Gasteiger partial charge in [0.25, 0.3) is 0 Å².